The molecule has 2 rings (SSSR count). The molecule has 1 atom stereocenters. The molecule has 106 valence electrons. The van der Waals surface area contributed by atoms with Crippen molar-refractivity contribution in [1.82, 2.24) is 0 Å². The van der Waals surface area contributed by atoms with Gasteiger partial charge < -0.3 is 9.84 Å². The molecule has 2 nitrogen and oxygen atoms in total. The number of hydrogen-bond acceptors (Lipinski definition) is 2. The quantitative estimate of drug-likeness (QED) is 0.911. The van der Waals surface area contributed by atoms with E-state index in [0.29, 0.717) is 0 Å². The Bertz CT molecular complexity index is 603. The van der Waals surface area contributed by atoms with Gasteiger partial charge >= 0.3 is 0 Å². The van der Waals surface area contributed by atoms with Gasteiger partial charge in [0.1, 0.15) is 29.3 Å². The molecule has 0 bridgehead atoms. The first-order valence-electron chi connectivity index (χ1n) is 5.60. The Morgan fingerprint density at radius 2 is 1.65 bits per heavy atom. The van der Waals surface area contributed by atoms with Crippen molar-refractivity contribution < 1.29 is 23.0 Å². The number of rotatable bonds is 3. The maximum absolute atomic E-state index is 13.9. The van der Waals surface area contributed by atoms with E-state index in [2.05, 4.69) is 15.9 Å². The highest BCUT2D eigenvalue weighted by Crippen LogP contribution is 2.34. The van der Waals surface area contributed by atoms with Crippen LogP contribution >= 0.6 is 15.9 Å². The van der Waals surface area contributed by atoms with Crippen molar-refractivity contribution in [1.29, 1.82) is 0 Å². The summed E-state index contributed by atoms with van der Waals surface area (Å²) in [6.07, 6.45) is -1.77. The fourth-order valence-corrected chi connectivity index (χ4v) is 2.42. The Hall–Kier alpha value is -1.53. The largest absolute Gasteiger partial charge is 0.497 e. The Balaban J connectivity index is 2.57. The molecule has 1 unspecified atom stereocenters. The lowest BCUT2D eigenvalue weighted by atomic mass is 10.00. The minimum absolute atomic E-state index is 0.0245. The predicted molar refractivity (Wildman–Crippen MR) is 71.1 cm³/mol. The van der Waals surface area contributed by atoms with E-state index in [1.807, 2.05) is 0 Å². The van der Waals surface area contributed by atoms with Crippen molar-refractivity contribution >= 4 is 15.9 Å². The highest BCUT2D eigenvalue weighted by Gasteiger charge is 2.25. The van der Waals surface area contributed by atoms with Gasteiger partial charge in [0.05, 0.1) is 12.7 Å². The molecule has 0 amide bonds. The summed E-state index contributed by atoms with van der Waals surface area (Å²) in [6, 6.07) is 5.84. The van der Waals surface area contributed by atoms with Gasteiger partial charge in [-0.3, -0.25) is 0 Å². The van der Waals surface area contributed by atoms with Crippen LogP contribution in [0.3, 0.4) is 0 Å². The van der Waals surface area contributed by atoms with Crippen LogP contribution < -0.4 is 4.74 Å². The van der Waals surface area contributed by atoms with Crippen molar-refractivity contribution in [2.45, 2.75) is 6.10 Å². The number of hydrogen-bond donors (Lipinski definition) is 1. The fraction of sp³-hybridized carbons (Fsp3) is 0.143. The highest BCUT2D eigenvalue weighted by atomic mass is 79.9. The summed E-state index contributed by atoms with van der Waals surface area (Å²) in [5.41, 5.74) is -0.855. The number of methoxy groups -OCH3 is 1. The summed E-state index contributed by atoms with van der Waals surface area (Å²) in [7, 11) is 1.26. The van der Waals surface area contributed by atoms with Crippen LogP contribution in [0.4, 0.5) is 13.2 Å². The second kappa shape index (κ2) is 5.85. The topological polar surface area (TPSA) is 29.5 Å². The normalized spacial score (nSPS) is 12.3. The Labute approximate surface area is 121 Å². The average Bonchev–Trinajstić information content (AvgIpc) is 2.37. The molecular formula is C14H10BrF3O2. The van der Waals surface area contributed by atoms with E-state index >= 15 is 0 Å². The average molecular weight is 347 g/mol. The molecule has 6 heteroatoms. The van der Waals surface area contributed by atoms with E-state index in [-0.39, 0.29) is 15.8 Å². The predicted octanol–water partition coefficient (Wildman–Crippen LogP) is 3.96. The number of benzene rings is 2. The molecule has 0 saturated carbocycles. The fourth-order valence-electron chi connectivity index (χ4n) is 1.86. The van der Waals surface area contributed by atoms with Crippen molar-refractivity contribution in [3.63, 3.8) is 0 Å². The van der Waals surface area contributed by atoms with Crippen molar-refractivity contribution in [3.8, 4) is 5.75 Å². The molecule has 2 aromatic rings. The van der Waals surface area contributed by atoms with Crippen LogP contribution in [0.1, 0.15) is 17.2 Å². The van der Waals surface area contributed by atoms with Gasteiger partial charge in [0.15, 0.2) is 0 Å². The van der Waals surface area contributed by atoms with Gasteiger partial charge in [0.2, 0.25) is 0 Å². The minimum Gasteiger partial charge on any atom is -0.497 e. The van der Waals surface area contributed by atoms with Gasteiger partial charge in [0, 0.05) is 22.2 Å². The molecule has 0 heterocycles. The molecular weight excluding hydrogens is 337 g/mol. The second-order valence-corrected chi connectivity index (χ2v) is 4.90. The van der Waals surface area contributed by atoms with Gasteiger partial charge in [-0.15, -0.1) is 0 Å². The number of aliphatic hydroxyl groups is 1. The SMILES string of the molecule is COc1cc(F)c(C(O)c2c(F)cccc2Br)c(F)c1. The molecule has 2 aromatic carbocycles. The van der Waals surface area contributed by atoms with Gasteiger partial charge in [-0.05, 0) is 12.1 Å². The van der Waals surface area contributed by atoms with Crippen LogP contribution in [0, 0.1) is 17.5 Å². The van der Waals surface area contributed by atoms with Crippen LogP contribution in [0.25, 0.3) is 0 Å². The summed E-state index contributed by atoms with van der Waals surface area (Å²) in [4.78, 5) is 0. The first-order valence-corrected chi connectivity index (χ1v) is 6.40. The van der Waals surface area contributed by atoms with Crippen molar-refractivity contribution in [2.24, 2.45) is 0 Å². The highest BCUT2D eigenvalue weighted by molar-refractivity contribution is 9.10. The maximum atomic E-state index is 13.9. The maximum Gasteiger partial charge on any atom is 0.135 e. The molecule has 1 N–H and O–H groups in total. The third kappa shape index (κ3) is 2.66. The Kier molecular flexibility index (Phi) is 4.35. The molecule has 0 aliphatic rings. The molecule has 0 radical (unpaired) electrons. The van der Waals surface area contributed by atoms with Crippen LogP contribution in [0.5, 0.6) is 5.75 Å². The lowest BCUT2D eigenvalue weighted by Crippen LogP contribution is -2.09. The lowest BCUT2D eigenvalue weighted by Gasteiger charge is -2.16. The van der Waals surface area contributed by atoms with E-state index < -0.39 is 29.1 Å². The summed E-state index contributed by atoms with van der Waals surface area (Å²) in [6.45, 7) is 0. The monoisotopic (exact) mass is 346 g/mol. The third-order valence-corrected chi connectivity index (χ3v) is 3.53. The molecule has 0 aliphatic carbocycles. The number of halogens is 4. The van der Waals surface area contributed by atoms with E-state index in [9.17, 15) is 18.3 Å². The van der Waals surface area contributed by atoms with Gasteiger partial charge in [-0.2, -0.15) is 0 Å². The zero-order valence-corrected chi connectivity index (χ0v) is 11.9. The molecule has 0 spiro atoms. The number of aliphatic hydroxyl groups excluding tert-OH is 1. The van der Waals surface area contributed by atoms with Crippen LogP contribution in [-0.4, -0.2) is 12.2 Å². The first-order chi connectivity index (χ1) is 9.45. The zero-order chi connectivity index (χ0) is 14.9. The molecule has 0 fully saturated rings. The van der Waals surface area contributed by atoms with Crippen molar-refractivity contribution in [3.05, 3.63) is 63.4 Å². The molecule has 0 aromatic heterocycles. The van der Waals surface area contributed by atoms with Gasteiger partial charge in [0.25, 0.3) is 0 Å². The van der Waals surface area contributed by atoms with E-state index in [1.54, 1.807) is 0 Å². The summed E-state index contributed by atoms with van der Waals surface area (Å²) in [5, 5.41) is 10.1. The van der Waals surface area contributed by atoms with Crippen LogP contribution in [0.15, 0.2) is 34.8 Å². The Morgan fingerprint density at radius 1 is 1.05 bits per heavy atom. The van der Waals surface area contributed by atoms with Crippen LogP contribution in [-0.2, 0) is 0 Å². The standard InChI is InChI=1S/C14H10BrF3O2/c1-20-7-5-10(17)13(11(18)6-7)14(19)12-8(15)3-2-4-9(12)16/h2-6,14,19H,1H3. The summed E-state index contributed by atoms with van der Waals surface area (Å²) in [5.74, 6) is -2.81. The first kappa shape index (κ1) is 14.9. The van der Waals surface area contributed by atoms with Crippen LogP contribution in [0.2, 0.25) is 0 Å². The minimum atomic E-state index is -1.77. The van der Waals surface area contributed by atoms with E-state index in [4.69, 9.17) is 4.74 Å². The van der Waals surface area contributed by atoms with Gasteiger partial charge in [-0.25, -0.2) is 13.2 Å². The summed E-state index contributed by atoms with van der Waals surface area (Å²) >= 11 is 3.05. The third-order valence-electron chi connectivity index (χ3n) is 2.83. The molecule has 0 saturated heterocycles. The van der Waals surface area contributed by atoms with Gasteiger partial charge in [-0.1, -0.05) is 22.0 Å². The number of ether oxygens (including phenoxy) is 1. The molecule has 0 aliphatic heterocycles. The Morgan fingerprint density at radius 3 is 2.15 bits per heavy atom. The summed E-state index contributed by atoms with van der Waals surface area (Å²) < 4.78 is 46.4. The van der Waals surface area contributed by atoms with Crippen molar-refractivity contribution in [2.75, 3.05) is 7.11 Å². The van der Waals surface area contributed by atoms with E-state index in [1.165, 1.54) is 19.2 Å². The second-order valence-electron chi connectivity index (χ2n) is 4.04. The zero-order valence-electron chi connectivity index (χ0n) is 10.3. The smallest absolute Gasteiger partial charge is 0.135 e. The lowest BCUT2D eigenvalue weighted by molar-refractivity contribution is 0.203. The van der Waals surface area contributed by atoms with E-state index in [0.717, 1.165) is 18.2 Å². The molecule has 20 heavy (non-hydrogen) atoms.